The van der Waals surface area contributed by atoms with Crippen molar-refractivity contribution in [2.75, 3.05) is 25.5 Å². The van der Waals surface area contributed by atoms with Crippen LogP contribution in [0.15, 0.2) is 24.3 Å². The van der Waals surface area contributed by atoms with Crippen LogP contribution < -0.4 is 5.32 Å². The summed E-state index contributed by atoms with van der Waals surface area (Å²) >= 11 is 0. The summed E-state index contributed by atoms with van der Waals surface area (Å²) in [7, 11) is 1.97. The largest absolute Gasteiger partial charge is 0.325 e. The first-order chi connectivity index (χ1) is 8.17. The second kappa shape index (κ2) is 6.66. The fraction of sp³-hybridized carbons (Fsp3) is 0.385. The van der Waals surface area contributed by atoms with Crippen LogP contribution in [0.5, 0.6) is 0 Å². The second-order valence-electron chi connectivity index (χ2n) is 3.85. The molecule has 90 valence electrons. The third kappa shape index (κ3) is 4.25. The van der Waals surface area contributed by atoms with E-state index in [1.54, 1.807) is 24.3 Å². The number of anilines is 1. The fourth-order valence-electron chi connectivity index (χ4n) is 1.35. The number of nitrogens with zero attached hydrogens (tertiary/aromatic N) is 2. The van der Waals surface area contributed by atoms with Crippen LogP contribution in [0.1, 0.15) is 18.9 Å². The van der Waals surface area contributed by atoms with Crippen LogP contribution in [0.2, 0.25) is 0 Å². The van der Waals surface area contributed by atoms with Gasteiger partial charge in [0.05, 0.1) is 11.3 Å². The van der Waals surface area contributed by atoms with E-state index in [-0.39, 0.29) is 5.91 Å². The Labute approximate surface area is 102 Å². The summed E-state index contributed by atoms with van der Waals surface area (Å²) in [5, 5.41) is 11.6. The SMILES string of the molecule is CCN(C)CCC(=O)Nc1ccccc1C#N. The van der Waals surface area contributed by atoms with Crippen molar-refractivity contribution in [2.24, 2.45) is 0 Å². The zero-order valence-corrected chi connectivity index (χ0v) is 10.2. The number of carbonyl (C=O) groups excluding carboxylic acids is 1. The van der Waals surface area contributed by atoms with Crippen LogP contribution in [0.4, 0.5) is 5.69 Å². The normalized spacial score (nSPS) is 10.0. The molecular weight excluding hydrogens is 214 g/mol. The third-order valence-corrected chi connectivity index (χ3v) is 2.58. The quantitative estimate of drug-likeness (QED) is 0.841. The van der Waals surface area contributed by atoms with Crippen molar-refractivity contribution >= 4 is 11.6 Å². The number of carbonyl (C=O) groups is 1. The topological polar surface area (TPSA) is 56.1 Å². The van der Waals surface area contributed by atoms with E-state index < -0.39 is 0 Å². The molecule has 0 unspecified atom stereocenters. The van der Waals surface area contributed by atoms with E-state index in [0.29, 0.717) is 17.7 Å². The molecule has 0 spiro atoms. The predicted molar refractivity (Wildman–Crippen MR) is 67.6 cm³/mol. The van der Waals surface area contributed by atoms with Gasteiger partial charge in [-0.25, -0.2) is 0 Å². The van der Waals surface area contributed by atoms with E-state index in [1.165, 1.54) is 0 Å². The average Bonchev–Trinajstić information content (AvgIpc) is 2.36. The number of rotatable bonds is 5. The van der Waals surface area contributed by atoms with Gasteiger partial charge < -0.3 is 10.2 Å². The standard InChI is InChI=1S/C13H17N3O/c1-3-16(2)9-8-13(17)15-12-7-5-4-6-11(12)10-14/h4-7H,3,8-9H2,1-2H3,(H,15,17). The molecule has 0 saturated carbocycles. The Balaban J connectivity index is 2.54. The minimum Gasteiger partial charge on any atom is -0.325 e. The molecule has 0 saturated heterocycles. The van der Waals surface area contributed by atoms with Crippen LogP contribution in [0, 0.1) is 11.3 Å². The van der Waals surface area contributed by atoms with Gasteiger partial charge in [-0.3, -0.25) is 4.79 Å². The maximum Gasteiger partial charge on any atom is 0.225 e. The Kier molecular flexibility index (Phi) is 5.18. The van der Waals surface area contributed by atoms with Crippen LogP contribution in [0.25, 0.3) is 0 Å². The lowest BCUT2D eigenvalue weighted by molar-refractivity contribution is -0.116. The van der Waals surface area contributed by atoms with Gasteiger partial charge in [0, 0.05) is 13.0 Å². The molecule has 0 heterocycles. The second-order valence-corrected chi connectivity index (χ2v) is 3.85. The lowest BCUT2D eigenvalue weighted by Gasteiger charge is -2.13. The predicted octanol–water partition coefficient (Wildman–Crippen LogP) is 1.84. The number of hydrogen-bond donors (Lipinski definition) is 1. The fourth-order valence-corrected chi connectivity index (χ4v) is 1.35. The van der Waals surface area contributed by atoms with Crippen LogP contribution in [-0.2, 0) is 4.79 Å². The molecule has 1 amide bonds. The third-order valence-electron chi connectivity index (χ3n) is 2.58. The Bertz CT molecular complexity index is 423. The van der Waals surface area contributed by atoms with Crippen molar-refractivity contribution in [3.63, 3.8) is 0 Å². The highest BCUT2D eigenvalue weighted by molar-refractivity contribution is 5.92. The van der Waals surface area contributed by atoms with Gasteiger partial charge in [-0.2, -0.15) is 5.26 Å². The summed E-state index contributed by atoms with van der Waals surface area (Å²) < 4.78 is 0. The molecule has 0 aromatic heterocycles. The number of amides is 1. The minimum atomic E-state index is -0.0620. The Morgan fingerprint density at radius 2 is 2.18 bits per heavy atom. The molecule has 0 aliphatic rings. The van der Waals surface area contributed by atoms with Crippen molar-refractivity contribution in [2.45, 2.75) is 13.3 Å². The number of nitriles is 1. The molecule has 4 heteroatoms. The van der Waals surface area contributed by atoms with Gasteiger partial charge in [0.1, 0.15) is 6.07 Å². The molecule has 1 N–H and O–H groups in total. The van der Waals surface area contributed by atoms with Crippen LogP contribution in [-0.4, -0.2) is 30.9 Å². The van der Waals surface area contributed by atoms with Crippen molar-refractivity contribution in [1.82, 2.24) is 4.90 Å². The number of hydrogen-bond acceptors (Lipinski definition) is 3. The maximum absolute atomic E-state index is 11.7. The first-order valence-corrected chi connectivity index (χ1v) is 5.65. The summed E-state index contributed by atoms with van der Waals surface area (Å²) in [4.78, 5) is 13.7. The van der Waals surface area contributed by atoms with Gasteiger partial charge in [-0.05, 0) is 25.7 Å². The minimum absolute atomic E-state index is 0.0620. The van der Waals surface area contributed by atoms with E-state index in [9.17, 15) is 4.79 Å². The lowest BCUT2D eigenvalue weighted by atomic mass is 10.2. The first-order valence-electron chi connectivity index (χ1n) is 5.65. The highest BCUT2D eigenvalue weighted by atomic mass is 16.1. The van der Waals surface area contributed by atoms with Crippen LogP contribution in [0.3, 0.4) is 0 Å². The van der Waals surface area contributed by atoms with E-state index in [1.807, 2.05) is 14.0 Å². The number of benzene rings is 1. The summed E-state index contributed by atoms with van der Waals surface area (Å²) in [6.07, 6.45) is 0.435. The zero-order chi connectivity index (χ0) is 12.7. The van der Waals surface area contributed by atoms with Crippen molar-refractivity contribution < 1.29 is 4.79 Å². The van der Waals surface area contributed by atoms with E-state index >= 15 is 0 Å². The summed E-state index contributed by atoms with van der Waals surface area (Å²) in [5.74, 6) is -0.0620. The molecule has 1 rings (SSSR count). The van der Waals surface area contributed by atoms with Crippen molar-refractivity contribution in [3.8, 4) is 6.07 Å². The summed E-state index contributed by atoms with van der Waals surface area (Å²) in [5.41, 5.74) is 1.07. The van der Waals surface area contributed by atoms with E-state index in [0.717, 1.165) is 13.1 Å². The Morgan fingerprint density at radius 1 is 1.47 bits per heavy atom. The zero-order valence-electron chi connectivity index (χ0n) is 10.2. The monoisotopic (exact) mass is 231 g/mol. The molecule has 1 aromatic rings. The number of nitrogens with one attached hydrogen (secondary N) is 1. The van der Waals surface area contributed by atoms with Gasteiger partial charge >= 0.3 is 0 Å². The van der Waals surface area contributed by atoms with Gasteiger partial charge in [0.2, 0.25) is 5.91 Å². The molecule has 0 radical (unpaired) electrons. The first kappa shape index (κ1) is 13.2. The molecule has 0 atom stereocenters. The van der Waals surface area contributed by atoms with Crippen molar-refractivity contribution in [3.05, 3.63) is 29.8 Å². The van der Waals surface area contributed by atoms with Crippen LogP contribution >= 0.6 is 0 Å². The average molecular weight is 231 g/mol. The molecule has 0 aliphatic heterocycles. The molecule has 4 nitrogen and oxygen atoms in total. The van der Waals surface area contributed by atoms with E-state index in [4.69, 9.17) is 5.26 Å². The number of para-hydroxylation sites is 1. The lowest BCUT2D eigenvalue weighted by Crippen LogP contribution is -2.24. The smallest absolute Gasteiger partial charge is 0.225 e. The molecule has 0 aliphatic carbocycles. The Morgan fingerprint density at radius 3 is 2.82 bits per heavy atom. The van der Waals surface area contributed by atoms with Gasteiger partial charge in [0.25, 0.3) is 0 Å². The van der Waals surface area contributed by atoms with Gasteiger partial charge in [-0.15, -0.1) is 0 Å². The van der Waals surface area contributed by atoms with Gasteiger partial charge in [-0.1, -0.05) is 19.1 Å². The highest BCUT2D eigenvalue weighted by Crippen LogP contribution is 2.13. The molecule has 0 bridgehead atoms. The highest BCUT2D eigenvalue weighted by Gasteiger charge is 2.06. The molecule has 1 aromatic carbocycles. The molecular formula is C13H17N3O. The van der Waals surface area contributed by atoms with Crippen molar-refractivity contribution in [1.29, 1.82) is 5.26 Å². The summed E-state index contributed by atoms with van der Waals surface area (Å²) in [6.45, 7) is 3.68. The molecule has 17 heavy (non-hydrogen) atoms. The maximum atomic E-state index is 11.7. The Hall–Kier alpha value is -1.86. The summed E-state index contributed by atoms with van der Waals surface area (Å²) in [6, 6.07) is 9.05. The molecule has 0 fully saturated rings. The van der Waals surface area contributed by atoms with E-state index in [2.05, 4.69) is 16.3 Å². The van der Waals surface area contributed by atoms with Gasteiger partial charge in [0.15, 0.2) is 0 Å².